The van der Waals surface area contributed by atoms with Gasteiger partial charge in [-0.1, -0.05) is 12.1 Å². The van der Waals surface area contributed by atoms with E-state index in [2.05, 4.69) is 5.32 Å². The van der Waals surface area contributed by atoms with E-state index in [-0.39, 0.29) is 16.9 Å². The Morgan fingerprint density at radius 3 is 2.26 bits per heavy atom. The molecule has 0 saturated heterocycles. The average Bonchev–Trinajstić information content (AvgIpc) is 2.26. The second-order valence-corrected chi connectivity index (χ2v) is 6.50. The highest BCUT2D eigenvalue weighted by Crippen LogP contribution is 2.09. The van der Waals surface area contributed by atoms with Gasteiger partial charge in [0, 0.05) is 12.3 Å². The van der Waals surface area contributed by atoms with Crippen molar-refractivity contribution in [2.45, 2.75) is 13.0 Å². The summed E-state index contributed by atoms with van der Waals surface area (Å²) in [6.45, 7) is 1.54. The van der Waals surface area contributed by atoms with Crippen LogP contribution in [-0.2, 0) is 9.84 Å². The standard InChI is InChI=1S/C12H15NO5S/c1-8(7-19(2,17)18)13-11(14)9-5-3-4-6-10(9)12(15)16/h3-6,8H,7H2,1-2H3,(H,13,14)(H,15,16). The number of nitrogens with one attached hydrogen (secondary N) is 1. The first-order chi connectivity index (χ1) is 8.70. The number of carboxylic acids is 1. The van der Waals surface area contributed by atoms with Crippen LogP contribution in [0.2, 0.25) is 0 Å². The number of carbonyl (C=O) groups is 2. The Morgan fingerprint density at radius 1 is 1.26 bits per heavy atom. The van der Waals surface area contributed by atoms with Crippen molar-refractivity contribution in [3.05, 3.63) is 35.4 Å². The van der Waals surface area contributed by atoms with Crippen LogP contribution in [0.15, 0.2) is 24.3 Å². The van der Waals surface area contributed by atoms with Crippen molar-refractivity contribution < 1.29 is 23.1 Å². The minimum absolute atomic E-state index is 0.00958. The summed E-state index contributed by atoms with van der Waals surface area (Å²) in [7, 11) is -3.21. The van der Waals surface area contributed by atoms with Crippen LogP contribution >= 0.6 is 0 Å². The fourth-order valence-corrected chi connectivity index (χ4v) is 2.66. The maximum absolute atomic E-state index is 11.9. The predicted octanol–water partition coefficient (Wildman–Crippen LogP) is 0.548. The predicted molar refractivity (Wildman–Crippen MR) is 70.0 cm³/mol. The van der Waals surface area contributed by atoms with Crippen LogP contribution in [0.5, 0.6) is 0 Å². The zero-order valence-corrected chi connectivity index (χ0v) is 11.4. The molecule has 0 bridgehead atoms. The molecule has 0 spiro atoms. The first-order valence-electron chi connectivity index (χ1n) is 5.51. The van der Waals surface area contributed by atoms with E-state index in [4.69, 9.17) is 5.11 Å². The van der Waals surface area contributed by atoms with Gasteiger partial charge in [0.1, 0.15) is 9.84 Å². The molecule has 0 saturated carbocycles. The summed E-state index contributed by atoms with van der Waals surface area (Å²) in [6, 6.07) is 5.16. The third-order valence-electron chi connectivity index (χ3n) is 2.33. The molecule has 1 rings (SSSR count). The van der Waals surface area contributed by atoms with Crippen molar-refractivity contribution in [3.8, 4) is 0 Å². The van der Waals surface area contributed by atoms with E-state index in [9.17, 15) is 18.0 Å². The van der Waals surface area contributed by atoms with Gasteiger partial charge in [0.25, 0.3) is 5.91 Å². The van der Waals surface area contributed by atoms with Gasteiger partial charge >= 0.3 is 5.97 Å². The molecule has 6 nitrogen and oxygen atoms in total. The van der Waals surface area contributed by atoms with Crippen LogP contribution in [0.3, 0.4) is 0 Å². The number of hydrogen-bond acceptors (Lipinski definition) is 4. The van der Waals surface area contributed by atoms with E-state index < -0.39 is 27.8 Å². The number of carbonyl (C=O) groups excluding carboxylic acids is 1. The lowest BCUT2D eigenvalue weighted by atomic mass is 10.1. The summed E-state index contributed by atoms with van der Waals surface area (Å²) in [5.41, 5.74) is -0.109. The molecule has 0 aromatic heterocycles. The van der Waals surface area contributed by atoms with Crippen molar-refractivity contribution in [2.75, 3.05) is 12.0 Å². The molecular formula is C12H15NO5S. The summed E-state index contributed by atoms with van der Waals surface area (Å²) < 4.78 is 22.2. The normalized spacial score (nSPS) is 12.7. The van der Waals surface area contributed by atoms with Gasteiger partial charge < -0.3 is 10.4 Å². The Bertz CT molecular complexity index is 594. The molecule has 19 heavy (non-hydrogen) atoms. The number of benzene rings is 1. The first kappa shape index (κ1) is 15.2. The summed E-state index contributed by atoms with van der Waals surface area (Å²) in [4.78, 5) is 22.9. The fourth-order valence-electron chi connectivity index (χ4n) is 1.66. The number of hydrogen-bond donors (Lipinski definition) is 2. The van der Waals surface area contributed by atoms with Crippen molar-refractivity contribution in [2.24, 2.45) is 0 Å². The number of sulfone groups is 1. The van der Waals surface area contributed by atoms with Gasteiger partial charge in [-0.15, -0.1) is 0 Å². The molecule has 2 N–H and O–H groups in total. The van der Waals surface area contributed by atoms with Crippen molar-refractivity contribution in [3.63, 3.8) is 0 Å². The van der Waals surface area contributed by atoms with Gasteiger partial charge in [-0.2, -0.15) is 0 Å². The molecule has 1 unspecified atom stereocenters. The molecule has 1 atom stereocenters. The molecule has 0 heterocycles. The molecule has 104 valence electrons. The lowest BCUT2D eigenvalue weighted by Gasteiger charge is -2.13. The maximum Gasteiger partial charge on any atom is 0.336 e. The molecule has 1 aromatic rings. The summed E-state index contributed by atoms with van der Waals surface area (Å²) in [6.07, 6.45) is 1.07. The Kier molecular flexibility index (Phi) is 4.66. The zero-order valence-electron chi connectivity index (χ0n) is 10.6. The first-order valence-corrected chi connectivity index (χ1v) is 7.57. The second kappa shape index (κ2) is 5.83. The minimum Gasteiger partial charge on any atom is -0.478 e. The SMILES string of the molecule is CC(CS(C)(=O)=O)NC(=O)c1ccccc1C(=O)O. The number of aromatic carboxylic acids is 1. The molecule has 1 aromatic carbocycles. The summed E-state index contributed by atoms with van der Waals surface area (Å²) >= 11 is 0. The lowest BCUT2D eigenvalue weighted by molar-refractivity contribution is 0.0690. The summed E-state index contributed by atoms with van der Waals surface area (Å²) in [5.74, 6) is -2.01. The zero-order chi connectivity index (χ0) is 14.6. The molecular weight excluding hydrogens is 270 g/mol. The van der Waals surface area contributed by atoms with Gasteiger partial charge in [0.2, 0.25) is 0 Å². The maximum atomic E-state index is 11.9. The quantitative estimate of drug-likeness (QED) is 0.822. The highest BCUT2D eigenvalue weighted by molar-refractivity contribution is 7.90. The third-order valence-corrected chi connectivity index (χ3v) is 3.44. The Labute approximate surface area is 111 Å². The molecule has 0 aliphatic rings. The molecule has 0 aliphatic heterocycles. The smallest absolute Gasteiger partial charge is 0.336 e. The molecule has 0 fully saturated rings. The Hall–Kier alpha value is -1.89. The van der Waals surface area contributed by atoms with Crippen LogP contribution in [0, 0.1) is 0 Å². The third kappa shape index (κ3) is 4.70. The molecule has 0 aliphatic carbocycles. The topological polar surface area (TPSA) is 101 Å². The Balaban J connectivity index is 2.87. The van der Waals surface area contributed by atoms with E-state index in [1.807, 2.05) is 0 Å². The Morgan fingerprint density at radius 2 is 1.79 bits per heavy atom. The van der Waals surface area contributed by atoms with Gasteiger partial charge in [-0.05, 0) is 19.1 Å². The van der Waals surface area contributed by atoms with E-state index in [0.717, 1.165) is 6.26 Å². The molecule has 1 amide bonds. The van der Waals surface area contributed by atoms with Gasteiger partial charge in [0.05, 0.1) is 16.9 Å². The molecule has 0 radical (unpaired) electrons. The largest absolute Gasteiger partial charge is 0.478 e. The number of amides is 1. The van der Waals surface area contributed by atoms with Crippen molar-refractivity contribution in [1.29, 1.82) is 0 Å². The van der Waals surface area contributed by atoms with Crippen molar-refractivity contribution >= 4 is 21.7 Å². The lowest BCUT2D eigenvalue weighted by Crippen LogP contribution is -2.37. The van der Waals surface area contributed by atoms with Crippen LogP contribution in [-0.4, -0.2) is 43.5 Å². The van der Waals surface area contributed by atoms with Gasteiger partial charge in [-0.25, -0.2) is 13.2 Å². The van der Waals surface area contributed by atoms with Gasteiger partial charge in [-0.3, -0.25) is 4.79 Å². The number of rotatable bonds is 5. The molecule has 7 heteroatoms. The van der Waals surface area contributed by atoms with E-state index >= 15 is 0 Å². The van der Waals surface area contributed by atoms with E-state index in [1.54, 1.807) is 13.0 Å². The number of carboxylic acid groups (broad SMARTS) is 1. The van der Waals surface area contributed by atoms with Crippen LogP contribution in [0.4, 0.5) is 0 Å². The highest BCUT2D eigenvalue weighted by Gasteiger charge is 2.18. The minimum atomic E-state index is -3.21. The second-order valence-electron chi connectivity index (χ2n) is 4.32. The van der Waals surface area contributed by atoms with Gasteiger partial charge in [0.15, 0.2) is 0 Å². The monoisotopic (exact) mass is 285 g/mol. The average molecular weight is 285 g/mol. The van der Waals surface area contributed by atoms with Crippen LogP contribution in [0.1, 0.15) is 27.6 Å². The van der Waals surface area contributed by atoms with E-state index in [0.29, 0.717) is 0 Å². The van der Waals surface area contributed by atoms with Crippen molar-refractivity contribution in [1.82, 2.24) is 5.32 Å². The van der Waals surface area contributed by atoms with Crippen LogP contribution < -0.4 is 5.32 Å². The summed E-state index contributed by atoms with van der Waals surface area (Å²) in [5, 5.41) is 11.4. The fraction of sp³-hybridized carbons (Fsp3) is 0.333. The van der Waals surface area contributed by atoms with Crippen LogP contribution in [0.25, 0.3) is 0 Å². The van der Waals surface area contributed by atoms with E-state index in [1.165, 1.54) is 18.2 Å². The highest BCUT2D eigenvalue weighted by atomic mass is 32.2.